The highest BCUT2D eigenvalue weighted by Gasteiger charge is 2.53. The van der Waals surface area contributed by atoms with Gasteiger partial charge in [-0.3, -0.25) is 14.4 Å². The van der Waals surface area contributed by atoms with Gasteiger partial charge in [-0.15, -0.1) is 0 Å². The van der Waals surface area contributed by atoms with Crippen molar-refractivity contribution in [1.82, 2.24) is 15.1 Å². The van der Waals surface area contributed by atoms with Gasteiger partial charge in [-0.1, -0.05) is 32.0 Å². The van der Waals surface area contributed by atoms with Gasteiger partial charge in [-0.05, 0) is 61.6 Å². The molecule has 0 saturated carbocycles. The summed E-state index contributed by atoms with van der Waals surface area (Å²) in [7, 11) is 1.81. The van der Waals surface area contributed by atoms with Crippen LogP contribution in [0.1, 0.15) is 42.6 Å². The third-order valence-corrected chi connectivity index (χ3v) is 7.22. The Morgan fingerprint density at radius 2 is 1.71 bits per heavy atom. The van der Waals surface area contributed by atoms with Gasteiger partial charge in [-0.2, -0.15) is 0 Å². The number of likely N-dealkylation sites (tertiary alicyclic amines) is 1. The number of halogens is 1. The van der Waals surface area contributed by atoms with Gasteiger partial charge < -0.3 is 20.0 Å². The average Bonchev–Trinajstić information content (AvgIpc) is 3.09. The Morgan fingerprint density at radius 1 is 1.06 bits per heavy atom. The molecule has 0 radical (unpaired) electrons. The predicted molar refractivity (Wildman–Crippen MR) is 132 cm³/mol. The van der Waals surface area contributed by atoms with Crippen molar-refractivity contribution >= 4 is 23.4 Å². The number of nitrogens with one attached hydrogen (secondary N) is 1. The predicted octanol–water partition coefficient (Wildman–Crippen LogP) is 3.19. The Kier molecular flexibility index (Phi) is 6.83. The smallest absolute Gasteiger partial charge is 0.251 e. The molecule has 2 heterocycles. The highest BCUT2D eigenvalue weighted by molar-refractivity contribution is 5.98. The van der Waals surface area contributed by atoms with Crippen LogP contribution in [0.4, 0.5) is 10.1 Å². The van der Waals surface area contributed by atoms with E-state index in [4.69, 9.17) is 0 Å². The molecule has 2 fully saturated rings. The van der Waals surface area contributed by atoms with Crippen molar-refractivity contribution in [1.29, 1.82) is 0 Å². The van der Waals surface area contributed by atoms with E-state index in [0.717, 1.165) is 5.69 Å². The molecule has 0 unspecified atom stereocenters. The highest BCUT2D eigenvalue weighted by Crippen LogP contribution is 2.39. The molecule has 1 atom stereocenters. The Hall–Kier alpha value is -3.42. The van der Waals surface area contributed by atoms with Crippen molar-refractivity contribution in [2.75, 3.05) is 31.7 Å². The lowest BCUT2D eigenvalue weighted by Gasteiger charge is -2.44. The zero-order valence-electron chi connectivity index (χ0n) is 20.8. The molecule has 0 aliphatic carbocycles. The summed E-state index contributed by atoms with van der Waals surface area (Å²) in [4.78, 5) is 45.2. The summed E-state index contributed by atoms with van der Waals surface area (Å²) in [5.41, 5.74) is 1.01. The fourth-order valence-electron chi connectivity index (χ4n) is 5.12. The number of likely N-dealkylation sites (N-methyl/N-ethyl adjacent to an activating group) is 1. The maximum atomic E-state index is 13.6. The van der Waals surface area contributed by atoms with Crippen LogP contribution in [0.15, 0.2) is 48.5 Å². The van der Waals surface area contributed by atoms with Crippen LogP contribution in [0.25, 0.3) is 0 Å². The summed E-state index contributed by atoms with van der Waals surface area (Å²) in [6.45, 7) is 6.74. The van der Waals surface area contributed by atoms with Gasteiger partial charge in [0.25, 0.3) is 5.91 Å². The van der Waals surface area contributed by atoms with E-state index in [2.05, 4.69) is 10.2 Å². The number of anilines is 1. The Morgan fingerprint density at radius 3 is 2.31 bits per heavy atom. The summed E-state index contributed by atoms with van der Waals surface area (Å²) in [6, 6.07) is 13.3. The van der Waals surface area contributed by atoms with Crippen molar-refractivity contribution in [3.8, 4) is 0 Å². The third kappa shape index (κ3) is 4.61. The van der Waals surface area contributed by atoms with E-state index in [0.29, 0.717) is 43.7 Å². The minimum absolute atomic E-state index is 0.0776. The third-order valence-electron chi connectivity index (χ3n) is 7.22. The minimum Gasteiger partial charge on any atom is -0.341 e. The first-order valence-corrected chi connectivity index (χ1v) is 12.1. The van der Waals surface area contributed by atoms with Gasteiger partial charge in [0.05, 0.1) is 6.67 Å². The van der Waals surface area contributed by atoms with Crippen LogP contribution < -0.4 is 10.2 Å². The molecule has 3 amide bonds. The molecule has 1 spiro atoms. The summed E-state index contributed by atoms with van der Waals surface area (Å²) in [5, 5.41) is 2.85. The second kappa shape index (κ2) is 9.68. The van der Waals surface area contributed by atoms with Crippen LogP contribution in [0.2, 0.25) is 0 Å². The number of amides is 3. The molecule has 1 N–H and O–H groups in total. The zero-order chi connectivity index (χ0) is 25.3. The molecule has 7 nitrogen and oxygen atoms in total. The van der Waals surface area contributed by atoms with Crippen molar-refractivity contribution < 1.29 is 18.8 Å². The summed E-state index contributed by atoms with van der Waals surface area (Å²) in [5.74, 6) is -1.00. The maximum Gasteiger partial charge on any atom is 0.251 e. The number of aryl methyl sites for hydroxylation is 1. The van der Waals surface area contributed by atoms with Crippen LogP contribution in [0.5, 0.6) is 0 Å². The van der Waals surface area contributed by atoms with Crippen LogP contribution in [-0.2, 0) is 9.59 Å². The van der Waals surface area contributed by atoms with E-state index in [1.54, 1.807) is 16.7 Å². The van der Waals surface area contributed by atoms with Gasteiger partial charge in [-0.25, -0.2) is 4.39 Å². The molecule has 2 aromatic carbocycles. The molecule has 2 saturated heterocycles. The molecule has 2 aliphatic heterocycles. The first kappa shape index (κ1) is 24.7. The number of hydrogen-bond acceptors (Lipinski definition) is 4. The summed E-state index contributed by atoms with van der Waals surface area (Å²) >= 11 is 0. The molecule has 0 aromatic heterocycles. The number of hydrogen-bond donors (Lipinski definition) is 1. The number of rotatable bonds is 5. The Bertz CT molecular complexity index is 1110. The minimum atomic E-state index is -0.714. The Balaban J connectivity index is 1.48. The van der Waals surface area contributed by atoms with E-state index in [1.165, 1.54) is 18.2 Å². The lowest BCUT2D eigenvalue weighted by molar-refractivity contribution is -0.139. The molecule has 186 valence electrons. The largest absolute Gasteiger partial charge is 0.341 e. The fourth-order valence-corrected chi connectivity index (χ4v) is 5.12. The lowest BCUT2D eigenvalue weighted by Crippen LogP contribution is -2.60. The number of piperidine rings is 1. The molecule has 8 heteroatoms. The first-order chi connectivity index (χ1) is 16.6. The topological polar surface area (TPSA) is 73.0 Å². The van der Waals surface area contributed by atoms with Gasteiger partial charge in [0.15, 0.2) is 0 Å². The van der Waals surface area contributed by atoms with Crippen LogP contribution >= 0.6 is 0 Å². The van der Waals surface area contributed by atoms with Gasteiger partial charge in [0.2, 0.25) is 11.8 Å². The van der Waals surface area contributed by atoms with Gasteiger partial charge in [0, 0.05) is 31.4 Å². The molecule has 2 aliphatic rings. The summed E-state index contributed by atoms with van der Waals surface area (Å²) < 4.78 is 13.6. The van der Waals surface area contributed by atoms with E-state index in [-0.39, 0.29) is 23.5 Å². The first-order valence-electron chi connectivity index (χ1n) is 12.1. The monoisotopic (exact) mass is 480 g/mol. The van der Waals surface area contributed by atoms with Crippen molar-refractivity contribution in [3.63, 3.8) is 0 Å². The molecular formula is C27H33FN4O3. The number of nitrogens with zero attached hydrogens (tertiary/aromatic N) is 3. The second-order valence-corrected chi connectivity index (χ2v) is 9.92. The summed E-state index contributed by atoms with van der Waals surface area (Å²) in [6.07, 6.45) is 1.04. The van der Waals surface area contributed by atoms with Crippen LogP contribution in [0.3, 0.4) is 0 Å². The SMILES string of the molecule is Cc1cc(C(=O)N[C@@H](C(=O)N2CCC3(CC2)C(=O)N(C)CN3c2ccccc2)C(C)C)ccc1F. The molecule has 2 aromatic rings. The normalized spacial score (nSPS) is 18.3. The quantitative estimate of drug-likeness (QED) is 0.714. The number of carbonyl (C=O) groups excluding carboxylic acids is 3. The van der Waals surface area contributed by atoms with E-state index in [9.17, 15) is 18.8 Å². The van der Waals surface area contributed by atoms with Gasteiger partial charge in [0.1, 0.15) is 17.4 Å². The molecular weight excluding hydrogens is 447 g/mol. The van der Waals surface area contributed by atoms with E-state index >= 15 is 0 Å². The van der Waals surface area contributed by atoms with Crippen LogP contribution in [0, 0.1) is 18.7 Å². The van der Waals surface area contributed by atoms with E-state index in [1.807, 2.05) is 51.2 Å². The fraction of sp³-hybridized carbons (Fsp3) is 0.444. The lowest BCUT2D eigenvalue weighted by atomic mass is 9.85. The second-order valence-electron chi connectivity index (χ2n) is 9.92. The molecule has 4 rings (SSSR count). The number of benzene rings is 2. The van der Waals surface area contributed by atoms with Crippen molar-refractivity contribution in [3.05, 3.63) is 65.5 Å². The molecule has 35 heavy (non-hydrogen) atoms. The van der Waals surface area contributed by atoms with Crippen molar-refractivity contribution in [2.45, 2.75) is 45.2 Å². The van der Waals surface area contributed by atoms with Crippen LogP contribution in [-0.4, -0.2) is 65.9 Å². The number of carbonyl (C=O) groups is 3. The van der Waals surface area contributed by atoms with Crippen molar-refractivity contribution in [2.24, 2.45) is 5.92 Å². The van der Waals surface area contributed by atoms with E-state index < -0.39 is 17.5 Å². The average molecular weight is 481 g/mol. The highest BCUT2D eigenvalue weighted by atomic mass is 19.1. The Labute approximate surface area is 205 Å². The zero-order valence-corrected chi connectivity index (χ0v) is 20.8. The van der Waals surface area contributed by atoms with Gasteiger partial charge >= 0.3 is 0 Å². The molecule has 0 bridgehead atoms. The maximum absolute atomic E-state index is 13.6. The standard InChI is InChI=1S/C27H33FN4O3/c1-18(2)23(29-24(33)20-10-11-22(28)19(3)16-20)25(34)31-14-12-27(13-15-31)26(35)30(4)17-32(27)21-8-6-5-7-9-21/h5-11,16,18,23H,12-15,17H2,1-4H3,(H,29,33)/t23-/m1/s1. The number of para-hydroxylation sites is 1.